The molecule has 8 heteroatoms. The minimum atomic E-state index is -0.756. The molecule has 2 aliphatic heterocycles. The van der Waals surface area contributed by atoms with Crippen LogP contribution in [0.25, 0.3) is 0 Å². The van der Waals surface area contributed by atoms with Gasteiger partial charge >= 0.3 is 5.97 Å². The SMILES string of the molecule is COc1ccc(C(=O)N2CCC(CC(=O)O)C(CCN3CCN(c4ccccn4)CC3)C2)cc1. The highest BCUT2D eigenvalue weighted by Crippen LogP contribution is 2.30. The highest BCUT2D eigenvalue weighted by atomic mass is 16.5. The average molecular weight is 467 g/mol. The van der Waals surface area contributed by atoms with E-state index in [1.165, 1.54) is 0 Å². The Morgan fingerprint density at radius 2 is 1.79 bits per heavy atom. The number of pyridine rings is 1. The van der Waals surface area contributed by atoms with Crippen molar-refractivity contribution in [2.24, 2.45) is 11.8 Å². The zero-order valence-electron chi connectivity index (χ0n) is 19.8. The van der Waals surface area contributed by atoms with Gasteiger partial charge in [-0.25, -0.2) is 4.98 Å². The van der Waals surface area contributed by atoms with Crippen LogP contribution in [0.5, 0.6) is 5.75 Å². The van der Waals surface area contributed by atoms with E-state index in [0.717, 1.165) is 57.1 Å². The number of rotatable bonds is 8. The van der Waals surface area contributed by atoms with Gasteiger partial charge in [-0.2, -0.15) is 0 Å². The zero-order chi connectivity index (χ0) is 23.9. The molecule has 182 valence electrons. The van der Waals surface area contributed by atoms with Gasteiger partial charge in [-0.3, -0.25) is 14.5 Å². The molecule has 1 N–H and O–H groups in total. The lowest BCUT2D eigenvalue weighted by molar-refractivity contribution is -0.139. The Bertz CT molecular complexity index is 945. The highest BCUT2D eigenvalue weighted by molar-refractivity contribution is 5.94. The van der Waals surface area contributed by atoms with Gasteiger partial charge in [-0.05, 0) is 67.6 Å². The van der Waals surface area contributed by atoms with Crippen molar-refractivity contribution in [3.63, 3.8) is 0 Å². The molecule has 1 aromatic carbocycles. The first-order valence-electron chi connectivity index (χ1n) is 12.1. The summed E-state index contributed by atoms with van der Waals surface area (Å²) in [7, 11) is 1.60. The molecule has 0 bridgehead atoms. The van der Waals surface area contributed by atoms with E-state index >= 15 is 0 Å². The van der Waals surface area contributed by atoms with E-state index in [1.54, 1.807) is 31.4 Å². The molecule has 2 unspecified atom stereocenters. The molecule has 34 heavy (non-hydrogen) atoms. The van der Waals surface area contributed by atoms with Gasteiger partial charge in [-0.1, -0.05) is 6.07 Å². The first-order valence-corrected chi connectivity index (χ1v) is 12.1. The Kier molecular flexibility index (Phi) is 8.00. The molecule has 0 aliphatic carbocycles. The summed E-state index contributed by atoms with van der Waals surface area (Å²) in [5, 5.41) is 9.43. The van der Waals surface area contributed by atoms with Crippen LogP contribution in [0.3, 0.4) is 0 Å². The van der Waals surface area contributed by atoms with Crippen LogP contribution in [0.1, 0.15) is 29.6 Å². The summed E-state index contributed by atoms with van der Waals surface area (Å²) in [6.45, 7) is 5.91. The van der Waals surface area contributed by atoms with Gasteiger partial charge in [0.15, 0.2) is 0 Å². The molecular weight excluding hydrogens is 432 g/mol. The number of nitrogens with zero attached hydrogens (tertiary/aromatic N) is 4. The molecular formula is C26H34N4O4. The molecule has 2 aromatic rings. The van der Waals surface area contributed by atoms with Crippen molar-refractivity contribution in [3.05, 3.63) is 54.2 Å². The second-order valence-electron chi connectivity index (χ2n) is 9.19. The molecule has 0 spiro atoms. The Labute approximate surface area is 201 Å². The minimum absolute atomic E-state index is 0.00500. The van der Waals surface area contributed by atoms with Gasteiger partial charge < -0.3 is 19.6 Å². The van der Waals surface area contributed by atoms with Crippen molar-refractivity contribution < 1.29 is 19.4 Å². The normalized spacial score (nSPS) is 21.3. The van der Waals surface area contributed by atoms with Crippen molar-refractivity contribution in [1.29, 1.82) is 0 Å². The maximum Gasteiger partial charge on any atom is 0.303 e. The second-order valence-corrected chi connectivity index (χ2v) is 9.19. The lowest BCUT2D eigenvalue weighted by Gasteiger charge is -2.40. The summed E-state index contributed by atoms with van der Waals surface area (Å²) in [5.74, 6) is 1.27. The van der Waals surface area contributed by atoms with E-state index < -0.39 is 5.97 Å². The van der Waals surface area contributed by atoms with Crippen LogP contribution in [0.2, 0.25) is 0 Å². The third kappa shape index (κ3) is 6.05. The average Bonchev–Trinajstić information content (AvgIpc) is 2.88. The van der Waals surface area contributed by atoms with E-state index in [9.17, 15) is 14.7 Å². The second kappa shape index (κ2) is 11.3. The van der Waals surface area contributed by atoms with Crippen molar-refractivity contribution in [2.75, 3.05) is 57.8 Å². The number of piperidine rings is 1. The molecule has 4 rings (SSSR count). The molecule has 3 heterocycles. The third-order valence-corrected chi connectivity index (χ3v) is 7.11. The van der Waals surface area contributed by atoms with Gasteiger partial charge in [-0.15, -0.1) is 0 Å². The first kappa shape index (κ1) is 24.0. The monoisotopic (exact) mass is 466 g/mol. The van der Waals surface area contributed by atoms with Crippen molar-refractivity contribution >= 4 is 17.7 Å². The quantitative estimate of drug-likeness (QED) is 0.640. The van der Waals surface area contributed by atoms with Gasteiger partial charge in [0.05, 0.1) is 7.11 Å². The number of anilines is 1. The number of aromatic nitrogens is 1. The fourth-order valence-corrected chi connectivity index (χ4v) is 5.09. The number of benzene rings is 1. The topological polar surface area (TPSA) is 86.2 Å². The highest BCUT2D eigenvalue weighted by Gasteiger charge is 2.33. The Hall–Kier alpha value is -3.13. The van der Waals surface area contributed by atoms with Gasteiger partial charge in [0, 0.05) is 57.4 Å². The summed E-state index contributed by atoms with van der Waals surface area (Å²) < 4.78 is 5.19. The van der Waals surface area contributed by atoms with Crippen LogP contribution >= 0.6 is 0 Å². The van der Waals surface area contributed by atoms with Crippen molar-refractivity contribution in [2.45, 2.75) is 19.3 Å². The smallest absolute Gasteiger partial charge is 0.303 e. The van der Waals surface area contributed by atoms with Crippen LogP contribution in [-0.4, -0.2) is 84.7 Å². The zero-order valence-corrected chi connectivity index (χ0v) is 19.8. The summed E-state index contributed by atoms with van der Waals surface area (Å²) in [6.07, 6.45) is 3.62. The number of carboxylic acid groups (broad SMARTS) is 1. The maximum atomic E-state index is 13.1. The van der Waals surface area contributed by atoms with E-state index in [1.807, 2.05) is 29.3 Å². The Morgan fingerprint density at radius 3 is 2.44 bits per heavy atom. The number of hydrogen-bond donors (Lipinski definition) is 1. The van der Waals surface area contributed by atoms with Crippen LogP contribution < -0.4 is 9.64 Å². The standard InChI is InChI=1S/C26H34N4O4/c1-34-23-7-5-20(6-8-23)26(33)30-13-10-21(18-25(31)32)22(19-30)9-12-28-14-16-29(17-15-28)24-4-2-3-11-27-24/h2-8,11,21-22H,9-10,12-19H2,1H3,(H,31,32). The number of aliphatic carboxylic acids is 1. The number of carboxylic acids is 1. The number of ether oxygens (including phenoxy) is 1. The van der Waals surface area contributed by atoms with E-state index in [0.29, 0.717) is 18.7 Å². The molecule has 2 fully saturated rings. The third-order valence-electron chi connectivity index (χ3n) is 7.11. The number of methoxy groups -OCH3 is 1. The molecule has 1 aromatic heterocycles. The molecule has 2 aliphatic rings. The Balaban J connectivity index is 1.33. The van der Waals surface area contributed by atoms with Crippen LogP contribution in [-0.2, 0) is 4.79 Å². The summed E-state index contributed by atoms with van der Waals surface area (Å²) >= 11 is 0. The number of carbonyl (C=O) groups excluding carboxylic acids is 1. The molecule has 0 saturated carbocycles. The fourth-order valence-electron chi connectivity index (χ4n) is 5.09. The number of carbonyl (C=O) groups is 2. The Morgan fingerprint density at radius 1 is 1.03 bits per heavy atom. The lowest BCUT2D eigenvalue weighted by Crippen LogP contribution is -2.48. The van der Waals surface area contributed by atoms with Crippen LogP contribution in [0.15, 0.2) is 48.7 Å². The van der Waals surface area contributed by atoms with E-state index in [2.05, 4.69) is 14.8 Å². The van der Waals surface area contributed by atoms with Gasteiger partial charge in [0.2, 0.25) is 0 Å². The van der Waals surface area contributed by atoms with Crippen molar-refractivity contribution in [1.82, 2.24) is 14.8 Å². The van der Waals surface area contributed by atoms with Gasteiger partial charge in [0.25, 0.3) is 5.91 Å². The molecule has 8 nitrogen and oxygen atoms in total. The minimum Gasteiger partial charge on any atom is -0.497 e. The van der Waals surface area contributed by atoms with Gasteiger partial charge in [0.1, 0.15) is 11.6 Å². The molecule has 2 atom stereocenters. The number of hydrogen-bond acceptors (Lipinski definition) is 6. The van der Waals surface area contributed by atoms with E-state index in [-0.39, 0.29) is 24.2 Å². The first-order chi connectivity index (χ1) is 16.5. The summed E-state index contributed by atoms with van der Waals surface area (Å²) in [4.78, 5) is 35.7. The predicted molar refractivity (Wildman–Crippen MR) is 130 cm³/mol. The number of amides is 1. The summed E-state index contributed by atoms with van der Waals surface area (Å²) in [5.41, 5.74) is 0.641. The van der Waals surface area contributed by atoms with Crippen LogP contribution in [0, 0.1) is 11.8 Å². The molecule has 0 radical (unpaired) electrons. The maximum absolute atomic E-state index is 13.1. The van der Waals surface area contributed by atoms with Crippen molar-refractivity contribution in [3.8, 4) is 5.75 Å². The predicted octanol–water partition coefficient (Wildman–Crippen LogP) is 2.86. The summed E-state index contributed by atoms with van der Waals surface area (Å²) in [6, 6.07) is 13.2. The lowest BCUT2D eigenvalue weighted by atomic mass is 9.81. The fraction of sp³-hybridized carbons (Fsp3) is 0.500. The number of piperazine rings is 1. The number of likely N-dealkylation sites (tertiary alicyclic amines) is 1. The molecule has 1 amide bonds. The van der Waals surface area contributed by atoms with Crippen LogP contribution in [0.4, 0.5) is 5.82 Å². The largest absolute Gasteiger partial charge is 0.497 e. The van der Waals surface area contributed by atoms with E-state index in [4.69, 9.17) is 4.74 Å². The molecule has 2 saturated heterocycles.